The molecular formula is C20H28N2O3S. The molecule has 1 atom stereocenters. The quantitative estimate of drug-likeness (QED) is 0.755. The fourth-order valence-electron chi connectivity index (χ4n) is 3.83. The molecule has 1 unspecified atom stereocenters. The van der Waals surface area contributed by atoms with E-state index in [1.807, 2.05) is 26.0 Å². The normalized spacial score (nSPS) is 18.7. The fraction of sp³-hybridized carbons (Fsp3) is 0.550. The zero-order valence-corrected chi connectivity index (χ0v) is 16.8. The van der Waals surface area contributed by atoms with E-state index in [0.29, 0.717) is 23.8 Å². The van der Waals surface area contributed by atoms with E-state index in [-0.39, 0.29) is 6.04 Å². The van der Waals surface area contributed by atoms with Crippen LogP contribution in [0.4, 0.5) is 0 Å². The first kappa shape index (κ1) is 19.1. The van der Waals surface area contributed by atoms with Crippen molar-refractivity contribution < 1.29 is 12.9 Å². The molecule has 1 aromatic heterocycles. The summed E-state index contributed by atoms with van der Waals surface area (Å²) in [6.45, 7) is 8.75. The minimum absolute atomic E-state index is 0.184. The van der Waals surface area contributed by atoms with Gasteiger partial charge in [0.25, 0.3) is 0 Å². The second kappa shape index (κ2) is 7.53. The van der Waals surface area contributed by atoms with Crippen LogP contribution in [0, 0.1) is 12.8 Å². The number of aryl methyl sites for hydroxylation is 2. The second-order valence-electron chi connectivity index (χ2n) is 7.47. The van der Waals surface area contributed by atoms with Crippen LogP contribution in [0.3, 0.4) is 0 Å². The van der Waals surface area contributed by atoms with Crippen molar-refractivity contribution in [2.75, 3.05) is 6.54 Å². The van der Waals surface area contributed by atoms with Gasteiger partial charge in [-0.2, -0.15) is 4.31 Å². The Morgan fingerprint density at radius 2 is 1.96 bits per heavy atom. The van der Waals surface area contributed by atoms with E-state index in [9.17, 15) is 8.42 Å². The van der Waals surface area contributed by atoms with Crippen molar-refractivity contribution in [1.29, 1.82) is 0 Å². The molecule has 2 heterocycles. The summed E-state index contributed by atoms with van der Waals surface area (Å²) in [6, 6.07) is 7.16. The van der Waals surface area contributed by atoms with Gasteiger partial charge in [0, 0.05) is 18.5 Å². The number of hydrogen-bond donors (Lipinski definition) is 0. The molecule has 142 valence electrons. The van der Waals surface area contributed by atoms with E-state index in [1.54, 1.807) is 16.4 Å². The summed E-state index contributed by atoms with van der Waals surface area (Å²) in [5, 5.41) is 4.06. The van der Waals surface area contributed by atoms with Crippen molar-refractivity contribution in [3.8, 4) is 0 Å². The van der Waals surface area contributed by atoms with Gasteiger partial charge in [-0.1, -0.05) is 38.1 Å². The standard InChI is InChI=1S/C20H28N2O3S/c1-5-19-20(15(4)21-25-19)18-7-6-12-22(18)26(23,24)17-10-8-16(9-11-17)13-14(2)3/h8-11,14,18H,5-7,12-13H2,1-4H3. The average molecular weight is 377 g/mol. The van der Waals surface area contributed by atoms with Crippen LogP contribution in [0.2, 0.25) is 0 Å². The lowest BCUT2D eigenvalue weighted by molar-refractivity contribution is 0.368. The van der Waals surface area contributed by atoms with Gasteiger partial charge >= 0.3 is 0 Å². The summed E-state index contributed by atoms with van der Waals surface area (Å²) in [5.41, 5.74) is 2.91. The van der Waals surface area contributed by atoms with E-state index in [1.165, 1.54) is 5.56 Å². The van der Waals surface area contributed by atoms with Gasteiger partial charge in [-0.25, -0.2) is 8.42 Å². The first-order valence-corrected chi connectivity index (χ1v) is 10.8. The molecule has 5 nitrogen and oxygen atoms in total. The van der Waals surface area contributed by atoms with Crippen LogP contribution in [0.25, 0.3) is 0 Å². The summed E-state index contributed by atoms with van der Waals surface area (Å²) in [6.07, 6.45) is 3.32. The molecule has 3 rings (SSSR count). The minimum Gasteiger partial charge on any atom is -0.361 e. The third kappa shape index (κ3) is 3.58. The molecule has 0 saturated carbocycles. The van der Waals surface area contributed by atoms with Crippen molar-refractivity contribution >= 4 is 10.0 Å². The van der Waals surface area contributed by atoms with Crippen LogP contribution < -0.4 is 0 Å². The highest BCUT2D eigenvalue weighted by atomic mass is 32.2. The van der Waals surface area contributed by atoms with Crippen LogP contribution >= 0.6 is 0 Å². The molecule has 0 aliphatic carbocycles. The van der Waals surface area contributed by atoms with Gasteiger partial charge in [-0.3, -0.25) is 0 Å². The molecule has 2 aromatic rings. The fourth-order valence-corrected chi connectivity index (χ4v) is 5.49. The first-order chi connectivity index (χ1) is 12.3. The van der Waals surface area contributed by atoms with Crippen molar-refractivity contribution in [2.45, 2.75) is 64.3 Å². The molecule has 6 heteroatoms. The Kier molecular flexibility index (Phi) is 5.53. The predicted molar refractivity (Wildman–Crippen MR) is 101 cm³/mol. The van der Waals surface area contributed by atoms with Gasteiger partial charge in [0.2, 0.25) is 10.0 Å². The highest BCUT2D eigenvalue weighted by molar-refractivity contribution is 7.89. The minimum atomic E-state index is -3.54. The predicted octanol–water partition coefficient (Wildman–Crippen LogP) is 4.27. The van der Waals surface area contributed by atoms with Gasteiger partial charge in [0.1, 0.15) is 5.76 Å². The van der Waals surface area contributed by atoms with E-state index >= 15 is 0 Å². The van der Waals surface area contributed by atoms with Gasteiger partial charge in [-0.15, -0.1) is 0 Å². The third-order valence-electron chi connectivity index (χ3n) is 5.01. The molecule has 0 spiro atoms. The van der Waals surface area contributed by atoms with Crippen molar-refractivity contribution in [1.82, 2.24) is 9.46 Å². The lowest BCUT2D eigenvalue weighted by Crippen LogP contribution is -2.31. The Labute approximate surface area is 156 Å². The van der Waals surface area contributed by atoms with Crippen molar-refractivity contribution in [2.24, 2.45) is 5.92 Å². The van der Waals surface area contributed by atoms with E-state index in [2.05, 4.69) is 19.0 Å². The maximum atomic E-state index is 13.3. The molecule has 0 N–H and O–H groups in total. The molecule has 26 heavy (non-hydrogen) atoms. The summed E-state index contributed by atoms with van der Waals surface area (Å²) in [4.78, 5) is 0.365. The van der Waals surface area contributed by atoms with E-state index in [4.69, 9.17) is 4.52 Å². The lowest BCUT2D eigenvalue weighted by atomic mass is 10.0. The Morgan fingerprint density at radius 1 is 1.27 bits per heavy atom. The number of sulfonamides is 1. The molecule has 1 saturated heterocycles. The molecule has 1 fully saturated rings. The maximum absolute atomic E-state index is 13.3. The molecule has 0 amide bonds. The van der Waals surface area contributed by atoms with Gasteiger partial charge in [0.05, 0.1) is 16.6 Å². The first-order valence-electron chi connectivity index (χ1n) is 9.40. The smallest absolute Gasteiger partial charge is 0.243 e. The van der Waals surface area contributed by atoms with Crippen molar-refractivity contribution in [3.05, 3.63) is 46.8 Å². The monoisotopic (exact) mass is 376 g/mol. The maximum Gasteiger partial charge on any atom is 0.243 e. The Hall–Kier alpha value is -1.66. The molecule has 1 aliphatic rings. The number of hydrogen-bond acceptors (Lipinski definition) is 4. The molecule has 0 radical (unpaired) electrons. The highest BCUT2D eigenvalue weighted by Gasteiger charge is 2.39. The molecule has 1 aromatic carbocycles. The number of benzene rings is 1. The van der Waals surface area contributed by atoms with Gasteiger partial charge in [0.15, 0.2) is 0 Å². The summed E-state index contributed by atoms with van der Waals surface area (Å²) in [5.74, 6) is 1.34. The lowest BCUT2D eigenvalue weighted by Gasteiger charge is -2.24. The second-order valence-corrected chi connectivity index (χ2v) is 9.36. The largest absolute Gasteiger partial charge is 0.361 e. The SMILES string of the molecule is CCc1onc(C)c1C1CCCN1S(=O)(=O)c1ccc(CC(C)C)cc1. The topological polar surface area (TPSA) is 63.4 Å². The highest BCUT2D eigenvalue weighted by Crippen LogP contribution is 2.39. The number of aromatic nitrogens is 1. The van der Waals surface area contributed by atoms with E-state index < -0.39 is 10.0 Å². The van der Waals surface area contributed by atoms with Crippen LogP contribution in [0.1, 0.15) is 62.2 Å². The van der Waals surface area contributed by atoms with E-state index in [0.717, 1.165) is 36.3 Å². The van der Waals surface area contributed by atoms with Crippen LogP contribution in [-0.2, 0) is 22.9 Å². The Balaban J connectivity index is 1.92. The average Bonchev–Trinajstić information content (AvgIpc) is 3.21. The Morgan fingerprint density at radius 3 is 2.58 bits per heavy atom. The Bertz CT molecular complexity index is 854. The molecule has 1 aliphatic heterocycles. The van der Waals surface area contributed by atoms with Crippen LogP contribution in [0.15, 0.2) is 33.7 Å². The van der Waals surface area contributed by atoms with Crippen LogP contribution in [0.5, 0.6) is 0 Å². The molecule has 0 bridgehead atoms. The van der Waals surface area contributed by atoms with Crippen molar-refractivity contribution in [3.63, 3.8) is 0 Å². The zero-order valence-electron chi connectivity index (χ0n) is 16.0. The summed E-state index contributed by atoms with van der Waals surface area (Å²) < 4.78 is 33.6. The number of nitrogens with zero attached hydrogens (tertiary/aromatic N) is 2. The number of rotatable bonds is 6. The van der Waals surface area contributed by atoms with Crippen LogP contribution in [-0.4, -0.2) is 24.4 Å². The zero-order chi connectivity index (χ0) is 18.9. The van der Waals surface area contributed by atoms with Gasteiger partial charge < -0.3 is 4.52 Å². The molecular weight excluding hydrogens is 348 g/mol. The summed E-state index contributed by atoms with van der Waals surface area (Å²) >= 11 is 0. The third-order valence-corrected chi connectivity index (χ3v) is 6.94. The van der Waals surface area contributed by atoms with Gasteiger partial charge in [-0.05, 0) is 49.8 Å². The summed E-state index contributed by atoms with van der Waals surface area (Å²) in [7, 11) is -3.54.